The Morgan fingerprint density at radius 1 is 1.58 bits per heavy atom. The first-order valence-electron chi connectivity index (χ1n) is 3.03. The number of rotatable bonds is 1. The van der Waals surface area contributed by atoms with Gasteiger partial charge in [0.25, 0.3) is 0 Å². The molecule has 1 aromatic heterocycles. The maximum Gasteiger partial charge on any atom is 0.213 e. The maximum absolute atomic E-state index is 12.7. The minimum Gasteiger partial charge on any atom is -0.374 e. The van der Waals surface area contributed by atoms with Crippen LogP contribution in [0.5, 0.6) is 0 Å². The summed E-state index contributed by atoms with van der Waals surface area (Å²) in [5.41, 5.74) is -0.398. The number of aromatic nitrogens is 1. The van der Waals surface area contributed by atoms with Crippen molar-refractivity contribution < 1.29 is 13.9 Å². The molecule has 0 aliphatic carbocycles. The van der Waals surface area contributed by atoms with Crippen LogP contribution < -0.4 is 0 Å². The Labute approximate surface area is 66.9 Å². The lowest BCUT2D eigenvalue weighted by molar-refractivity contribution is 0.229. The molecule has 0 saturated carbocycles. The first-order valence-corrected chi connectivity index (χ1v) is 3.03. The van der Waals surface area contributed by atoms with Crippen LogP contribution in [0.4, 0.5) is 8.78 Å². The minimum atomic E-state index is -1.65. The molecular weight excluding hydrogens is 166 g/mol. The Kier molecular flexibility index (Phi) is 2.31. The Bertz CT molecular complexity index is 335. The summed E-state index contributed by atoms with van der Waals surface area (Å²) in [6.45, 7) is 0. The third-order valence-corrected chi connectivity index (χ3v) is 1.27. The fourth-order valence-corrected chi connectivity index (χ4v) is 0.706. The van der Waals surface area contributed by atoms with Crippen LogP contribution in [-0.4, -0.2) is 10.1 Å². The molecule has 0 aliphatic rings. The first kappa shape index (κ1) is 8.56. The molecule has 5 heteroatoms. The van der Waals surface area contributed by atoms with E-state index < -0.39 is 23.4 Å². The van der Waals surface area contributed by atoms with Crippen molar-refractivity contribution in [2.75, 3.05) is 0 Å². The highest BCUT2D eigenvalue weighted by Gasteiger charge is 2.12. The quantitative estimate of drug-likeness (QED) is 0.503. The Morgan fingerprint density at radius 2 is 2.25 bits per heavy atom. The second-order valence-corrected chi connectivity index (χ2v) is 2.06. The predicted octanol–water partition coefficient (Wildman–Crippen LogP) is 0.917. The fraction of sp³-hybridized carbons (Fsp3) is 0.143. The molecule has 12 heavy (non-hydrogen) atoms. The predicted molar refractivity (Wildman–Crippen MR) is 34.7 cm³/mol. The molecule has 0 aliphatic heterocycles. The van der Waals surface area contributed by atoms with E-state index in [0.717, 1.165) is 0 Å². The molecule has 0 saturated heterocycles. The molecule has 0 amide bonds. The highest BCUT2D eigenvalue weighted by atomic mass is 19.1. The van der Waals surface area contributed by atoms with E-state index in [1.807, 2.05) is 0 Å². The summed E-state index contributed by atoms with van der Waals surface area (Å²) in [5, 5.41) is 17.0. The fourth-order valence-electron chi connectivity index (χ4n) is 0.706. The van der Waals surface area contributed by atoms with Gasteiger partial charge in [0.15, 0.2) is 6.10 Å². The second-order valence-electron chi connectivity index (χ2n) is 2.06. The van der Waals surface area contributed by atoms with Crippen LogP contribution in [0.3, 0.4) is 0 Å². The molecule has 1 unspecified atom stereocenters. The molecule has 3 nitrogen and oxygen atoms in total. The summed E-state index contributed by atoms with van der Waals surface area (Å²) in [6, 6.07) is 2.05. The van der Waals surface area contributed by atoms with Crippen LogP contribution in [0.2, 0.25) is 0 Å². The molecular formula is C7H4F2N2O. The van der Waals surface area contributed by atoms with Gasteiger partial charge in [0, 0.05) is 11.6 Å². The molecule has 1 heterocycles. The summed E-state index contributed by atoms with van der Waals surface area (Å²) >= 11 is 0. The van der Waals surface area contributed by atoms with E-state index in [9.17, 15) is 8.78 Å². The third kappa shape index (κ3) is 1.54. The smallest absolute Gasteiger partial charge is 0.213 e. The molecule has 0 fully saturated rings. The average Bonchev–Trinajstić information content (AvgIpc) is 2.08. The van der Waals surface area contributed by atoms with Crippen molar-refractivity contribution in [1.29, 1.82) is 5.26 Å². The average molecular weight is 170 g/mol. The number of hydrogen-bond acceptors (Lipinski definition) is 3. The monoisotopic (exact) mass is 170 g/mol. The summed E-state index contributed by atoms with van der Waals surface area (Å²) in [5.74, 6) is -1.83. The summed E-state index contributed by atoms with van der Waals surface area (Å²) in [4.78, 5) is 2.99. The van der Waals surface area contributed by atoms with E-state index >= 15 is 0 Å². The van der Waals surface area contributed by atoms with Crippen molar-refractivity contribution in [3.63, 3.8) is 0 Å². The Morgan fingerprint density at radius 3 is 2.83 bits per heavy atom. The van der Waals surface area contributed by atoms with Gasteiger partial charge in [-0.3, -0.25) is 0 Å². The zero-order valence-electron chi connectivity index (χ0n) is 5.83. The van der Waals surface area contributed by atoms with Crippen molar-refractivity contribution in [3.8, 4) is 6.07 Å². The van der Waals surface area contributed by atoms with Crippen LogP contribution in [0.1, 0.15) is 11.7 Å². The summed E-state index contributed by atoms with van der Waals surface area (Å²) in [7, 11) is 0. The molecule has 1 rings (SSSR count). The van der Waals surface area contributed by atoms with E-state index in [1.165, 1.54) is 6.07 Å². The lowest BCUT2D eigenvalue weighted by atomic mass is 10.1. The van der Waals surface area contributed by atoms with Gasteiger partial charge in [-0.15, -0.1) is 0 Å². The number of aliphatic hydroxyl groups is 1. The molecule has 0 aromatic carbocycles. The first-order chi connectivity index (χ1) is 5.65. The molecule has 0 radical (unpaired) electrons. The van der Waals surface area contributed by atoms with E-state index in [4.69, 9.17) is 10.4 Å². The van der Waals surface area contributed by atoms with Gasteiger partial charge in [-0.05, 0) is 0 Å². The molecule has 1 atom stereocenters. The van der Waals surface area contributed by atoms with Gasteiger partial charge < -0.3 is 5.11 Å². The van der Waals surface area contributed by atoms with E-state index in [-0.39, 0.29) is 0 Å². The topological polar surface area (TPSA) is 56.9 Å². The standard InChI is InChI=1S/C7H4F2N2O/c8-5-3-11-7(9)1-4(5)6(12)2-10/h1,3,6,12H. The zero-order chi connectivity index (χ0) is 9.14. The van der Waals surface area contributed by atoms with Crippen molar-refractivity contribution in [1.82, 2.24) is 4.98 Å². The molecule has 1 aromatic rings. The van der Waals surface area contributed by atoms with Gasteiger partial charge >= 0.3 is 0 Å². The second kappa shape index (κ2) is 3.24. The van der Waals surface area contributed by atoms with Crippen LogP contribution in [0.25, 0.3) is 0 Å². The molecule has 62 valence electrons. The summed E-state index contributed by atoms with van der Waals surface area (Å²) < 4.78 is 25.0. The number of halogens is 2. The van der Waals surface area contributed by atoms with Crippen molar-refractivity contribution in [3.05, 3.63) is 29.6 Å². The van der Waals surface area contributed by atoms with Crippen LogP contribution >= 0.6 is 0 Å². The van der Waals surface area contributed by atoms with Crippen molar-refractivity contribution in [2.45, 2.75) is 6.10 Å². The van der Waals surface area contributed by atoms with Gasteiger partial charge in [-0.1, -0.05) is 0 Å². The van der Waals surface area contributed by atoms with Crippen LogP contribution in [0.15, 0.2) is 12.3 Å². The van der Waals surface area contributed by atoms with Crippen molar-refractivity contribution in [2.24, 2.45) is 0 Å². The Balaban J connectivity index is 3.15. The normalized spacial score (nSPS) is 12.2. The molecule has 0 bridgehead atoms. The van der Waals surface area contributed by atoms with Crippen LogP contribution in [-0.2, 0) is 0 Å². The molecule has 1 N–H and O–H groups in total. The number of hydrogen-bond donors (Lipinski definition) is 1. The summed E-state index contributed by atoms with van der Waals surface area (Å²) in [6.07, 6.45) is -1.03. The van der Waals surface area contributed by atoms with E-state index in [0.29, 0.717) is 12.3 Å². The van der Waals surface area contributed by atoms with Gasteiger partial charge in [-0.2, -0.15) is 9.65 Å². The SMILES string of the molecule is N#CC(O)c1cc(F)ncc1F. The van der Waals surface area contributed by atoms with Gasteiger partial charge in [0.05, 0.1) is 12.3 Å². The van der Waals surface area contributed by atoms with Gasteiger partial charge in [0.2, 0.25) is 5.95 Å². The number of nitriles is 1. The third-order valence-electron chi connectivity index (χ3n) is 1.27. The molecule has 0 spiro atoms. The van der Waals surface area contributed by atoms with E-state index in [1.54, 1.807) is 0 Å². The number of nitrogens with zero attached hydrogens (tertiary/aromatic N) is 2. The highest BCUT2D eigenvalue weighted by molar-refractivity contribution is 5.20. The van der Waals surface area contributed by atoms with Gasteiger partial charge in [0.1, 0.15) is 5.82 Å². The highest BCUT2D eigenvalue weighted by Crippen LogP contribution is 2.15. The van der Waals surface area contributed by atoms with Crippen molar-refractivity contribution >= 4 is 0 Å². The minimum absolute atomic E-state index is 0.398. The van der Waals surface area contributed by atoms with Gasteiger partial charge in [-0.25, -0.2) is 9.37 Å². The number of aliphatic hydroxyl groups excluding tert-OH is 1. The Hall–Kier alpha value is -1.54. The maximum atomic E-state index is 12.7. The van der Waals surface area contributed by atoms with E-state index in [2.05, 4.69) is 4.98 Å². The lowest BCUT2D eigenvalue weighted by Crippen LogP contribution is -1.99. The number of pyridine rings is 1. The largest absolute Gasteiger partial charge is 0.374 e. The lowest BCUT2D eigenvalue weighted by Gasteiger charge is -2.01. The zero-order valence-corrected chi connectivity index (χ0v) is 5.83. The van der Waals surface area contributed by atoms with Crippen LogP contribution in [0, 0.1) is 23.1 Å².